The van der Waals surface area contributed by atoms with E-state index in [1.165, 1.54) is 0 Å². The predicted octanol–water partition coefficient (Wildman–Crippen LogP) is 2.21. The molecule has 0 amide bonds. The molecule has 0 saturated heterocycles. The highest BCUT2D eigenvalue weighted by atomic mass is 32.1. The maximum atomic E-state index is 11.5. The first-order valence-electron chi connectivity index (χ1n) is 5.31. The van der Waals surface area contributed by atoms with Gasteiger partial charge in [0.2, 0.25) is 0 Å². The maximum absolute atomic E-state index is 11.5. The van der Waals surface area contributed by atoms with Crippen molar-refractivity contribution in [3.8, 4) is 0 Å². The number of nitrogens with zero attached hydrogens (tertiary/aromatic N) is 1. The molecule has 4 nitrogen and oxygen atoms in total. The van der Waals surface area contributed by atoms with Crippen LogP contribution in [-0.4, -0.2) is 31.3 Å². The van der Waals surface area contributed by atoms with Gasteiger partial charge in [-0.1, -0.05) is 0 Å². The van der Waals surface area contributed by atoms with Crippen molar-refractivity contribution >= 4 is 17.3 Å². The largest absolute Gasteiger partial charge is 0.461 e. The van der Waals surface area contributed by atoms with Crippen LogP contribution in [0.5, 0.6) is 0 Å². The van der Waals surface area contributed by atoms with Crippen molar-refractivity contribution in [1.29, 1.82) is 0 Å². The van der Waals surface area contributed by atoms with Gasteiger partial charge in [0.25, 0.3) is 0 Å². The summed E-state index contributed by atoms with van der Waals surface area (Å²) < 4.78 is 9.90. The molecule has 1 rings (SSSR count). The van der Waals surface area contributed by atoms with Gasteiger partial charge in [-0.15, -0.1) is 11.3 Å². The van der Waals surface area contributed by atoms with E-state index >= 15 is 0 Å². The molecule has 0 fully saturated rings. The van der Waals surface area contributed by atoms with Crippen LogP contribution in [-0.2, 0) is 15.9 Å². The van der Waals surface area contributed by atoms with Crippen molar-refractivity contribution in [2.45, 2.75) is 26.7 Å². The quantitative estimate of drug-likeness (QED) is 0.567. The molecule has 1 aromatic heterocycles. The number of aryl methyl sites for hydroxylation is 2. The normalized spacial score (nSPS) is 10.4. The molecule has 90 valence electrons. The van der Waals surface area contributed by atoms with E-state index in [-0.39, 0.29) is 5.97 Å². The predicted molar refractivity (Wildman–Crippen MR) is 63.0 cm³/mol. The topological polar surface area (TPSA) is 48.4 Å². The third-order valence-electron chi connectivity index (χ3n) is 2.05. The standard InChI is InChI=1S/C11H17NO3S/c1-4-15-11(13)10-8(2)16-9(12-10)6-5-7-14-3/h4-7H2,1-3H3. The number of hydrogen-bond donors (Lipinski definition) is 0. The second-order valence-electron chi connectivity index (χ2n) is 3.33. The zero-order chi connectivity index (χ0) is 12.0. The molecule has 0 spiro atoms. The molecule has 0 radical (unpaired) electrons. The number of aromatic nitrogens is 1. The van der Waals surface area contributed by atoms with Crippen molar-refractivity contribution in [3.05, 3.63) is 15.6 Å². The van der Waals surface area contributed by atoms with Crippen LogP contribution in [0.25, 0.3) is 0 Å². The van der Waals surface area contributed by atoms with Gasteiger partial charge in [-0.05, 0) is 20.3 Å². The molecule has 0 saturated carbocycles. The lowest BCUT2D eigenvalue weighted by molar-refractivity contribution is 0.0519. The van der Waals surface area contributed by atoms with E-state index in [4.69, 9.17) is 9.47 Å². The molecule has 0 bridgehead atoms. The monoisotopic (exact) mass is 243 g/mol. The maximum Gasteiger partial charge on any atom is 0.358 e. The summed E-state index contributed by atoms with van der Waals surface area (Å²) in [5, 5.41) is 0.970. The summed E-state index contributed by atoms with van der Waals surface area (Å²) >= 11 is 1.55. The number of carbonyl (C=O) groups excluding carboxylic acids is 1. The zero-order valence-electron chi connectivity index (χ0n) is 9.91. The van der Waals surface area contributed by atoms with Gasteiger partial charge in [0.05, 0.1) is 11.6 Å². The van der Waals surface area contributed by atoms with Gasteiger partial charge in [-0.25, -0.2) is 9.78 Å². The van der Waals surface area contributed by atoms with Crippen LogP contribution >= 0.6 is 11.3 Å². The summed E-state index contributed by atoms with van der Waals surface area (Å²) in [4.78, 5) is 16.7. The van der Waals surface area contributed by atoms with Crippen LogP contribution in [0.15, 0.2) is 0 Å². The molecule has 16 heavy (non-hydrogen) atoms. The molecule has 1 heterocycles. The van der Waals surface area contributed by atoms with E-state index in [1.54, 1.807) is 25.4 Å². The molecule has 0 atom stereocenters. The third-order valence-corrected chi connectivity index (χ3v) is 3.08. The van der Waals surface area contributed by atoms with Crippen molar-refractivity contribution in [1.82, 2.24) is 4.98 Å². The summed E-state index contributed by atoms with van der Waals surface area (Å²) in [5.41, 5.74) is 0.458. The summed E-state index contributed by atoms with van der Waals surface area (Å²) in [5.74, 6) is -0.325. The third kappa shape index (κ3) is 3.57. The molecule has 0 aromatic carbocycles. The fraction of sp³-hybridized carbons (Fsp3) is 0.636. The minimum absolute atomic E-state index is 0.325. The van der Waals surface area contributed by atoms with Crippen LogP contribution in [0, 0.1) is 6.92 Å². The molecular weight excluding hydrogens is 226 g/mol. The summed E-state index contributed by atoms with van der Waals surface area (Å²) in [7, 11) is 1.68. The van der Waals surface area contributed by atoms with Gasteiger partial charge in [0, 0.05) is 25.0 Å². The average molecular weight is 243 g/mol. The highest BCUT2D eigenvalue weighted by Crippen LogP contribution is 2.19. The summed E-state index contributed by atoms with van der Waals surface area (Å²) in [6.07, 6.45) is 1.77. The molecule has 0 aliphatic carbocycles. The lowest BCUT2D eigenvalue weighted by atomic mass is 10.3. The Hall–Kier alpha value is -0.940. The number of rotatable bonds is 6. The van der Waals surface area contributed by atoms with Crippen LogP contribution in [0.3, 0.4) is 0 Å². The number of methoxy groups -OCH3 is 1. The van der Waals surface area contributed by atoms with Crippen molar-refractivity contribution < 1.29 is 14.3 Å². The zero-order valence-corrected chi connectivity index (χ0v) is 10.7. The lowest BCUT2D eigenvalue weighted by Crippen LogP contribution is -2.06. The Labute approximate surface area is 99.6 Å². The van der Waals surface area contributed by atoms with E-state index in [9.17, 15) is 4.79 Å². The first-order chi connectivity index (χ1) is 7.69. The molecule has 0 N–H and O–H groups in total. The van der Waals surface area contributed by atoms with Crippen molar-refractivity contribution in [2.24, 2.45) is 0 Å². The van der Waals surface area contributed by atoms with Gasteiger partial charge in [-0.3, -0.25) is 0 Å². The van der Waals surface area contributed by atoms with E-state index in [0.717, 1.165) is 22.7 Å². The molecular formula is C11H17NO3S. The molecule has 0 aliphatic heterocycles. The van der Waals surface area contributed by atoms with E-state index in [0.29, 0.717) is 18.9 Å². The Morgan fingerprint density at radius 3 is 2.88 bits per heavy atom. The van der Waals surface area contributed by atoms with Crippen LogP contribution in [0.2, 0.25) is 0 Å². The molecule has 1 aromatic rings. The lowest BCUT2D eigenvalue weighted by Gasteiger charge is -1.98. The second-order valence-corrected chi connectivity index (χ2v) is 4.62. The smallest absolute Gasteiger partial charge is 0.358 e. The number of carbonyl (C=O) groups is 1. The fourth-order valence-electron chi connectivity index (χ4n) is 1.31. The average Bonchev–Trinajstić information content (AvgIpc) is 2.61. The van der Waals surface area contributed by atoms with E-state index < -0.39 is 0 Å². The first kappa shape index (κ1) is 13.1. The van der Waals surface area contributed by atoms with Gasteiger partial charge >= 0.3 is 5.97 Å². The summed E-state index contributed by atoms with van der Waals surface area (Å²) in [6.45, 7) is 4.78. The Morgan fingerprint density at radius 2 is 2.25 bits per heavy atom. The Bertz CT molecular complexity index is 349. The van der Waals surface area contributed by atoms with Gasteiger partial charge < -0.3 is 9.47 Å². The highest BCUT2D eigenvalue weighted by molar-refractivity contribution is 7.11. The van der Waals surface area contributed by atoms with Crippen LogP contribution in [0.1, 0.15) is 33.7 Å². The van der Waals surface area contributed by atoms with Gasteiger partial charge in [-0.2, -0.15) is 0 Å². The van der Waals surface area contributed by atoms with Gasteiger partial charge in [0.1, 0.15) is 0 Å². The van der Waals surface area contributed by atoms with Crippen molar-refractivity contribution in [2.75, 3.05) is 20.3 Å². The number of ether oxygens (including phenoxy) is 2. The second kappa shape index (κ2) is 6.60. The van der Waals surface area contributed by atoms with E-state index in [1.807, 2.05) is 6.92 Å². The molecule has 0 aliphatic rings. The highest BCUT2D eigenvalue weighted by Gasteiger charge is 2.15. The molecule has 0 unspecified atom stereocenters. The Balaban J connectivity index is 2.62. The fourth-order valence-corrected chi connectivity index (χ4v) is 2.28. The first-order valence-corrected chi connectivity index (χ1v) is 6.13. The number of esters is 1. The minimum Gasteiger partial charge on any atom is -0.461 e. The van der Waals surface area contributed by atoms with E-state index in [2.05, 4.69) is 4.98 Å². The molecule has 5 heteroatoms. The van der Waals surface area contributed by atoms with Crippen LogP contribution < -0.4 is 0 Å². The SMILES string of the molecule is CCOC(=O)c1nc(CCCOC)sc1C. The number of hydrogen-bond acceptors (Lipinski definition) is 5. The number of thiazole rings is 1. The van der Waals surface area contributed by atoms with Crippen molar-refractivity contribution in [3.63, 3.8) is 0 Å². The van der Waals surface area contributed by atoms with Gasteiger partial charge in [0.15, 0.2) is 5.69 Å². The Kier molecular flexibility index (Phi) is 5.42. The van der Waals surface area contributed by atoms with Crippen LogP contribution in [0.4, 0.5) is 0 Å². The summed E-state index contributed by atoms with van der Waals surface area (Å²) in [6, 6.07) is 0. The minimum atomic E-state index is -0.325. The Morgan fingerprint density at radius 1 is 1.50 bits per heavy atom.